The highest BCUT2D eigenvalue weighted by Gasteiger charge is 2.16. The largest absolute Gasteiger partial charge is 0.369 e. The average Bonchev–Trinajstić information content (AvgIpc) is 2.91. The zero-order valence-corrected chi connectivity index (χ0v) is 12.8. The van der Waals surface area contributed by atoms with Crippen LogP contribution < -0.4 is 5.32 Å². The van der Waals surface area contributed by atoms with Crippen molar-refractivity contribution in [2.45, 2.75) is 33.1 Å². The van der Waals surface area contributed by atoms with Crippen LogP contribution in [-0.2, 0) is 0 Å². The normalized spacial score (nSPS) is 11.0. The maximum absolute atomic E-state index is 4.56. The van der Waals surface area contributed by atoms with Crippen LogP contribution in [0.5, 0.6) is 0 Å². The Morgan fingerprint density at radius 1 is 1.37 bits per heavy atom. The van der Waals surface area contributed by atoms with Gasteiger partial charge in [-0.2, -0.15) is 15.4 Å². The summed E-state index contributed by atoms with van der Waals surface area (Å²) in [6.07, 6.45) is 2.66. The molecule has 0 saturated heterocycles. The molecule has 0 aliphatic heterocycles. The Morgan fingerprint density at radius 2 is 2.16 bits per heavy atom. The Hall–Kier alpha value is -1.50. The standard InChI is InChI=1S/C12H17BrN6/c1-4-5-14-12-9(13)10(7(2)3)16-11(17-12)8-6-15-19-18-8/h6-7H,4-5H2,1-3H3,(H,14,16,17)(H,15,18,19). The molecule has 0 saturated carbocycles. The zero-order valence-electron chi connectivity index (χ0n) is 11.2. The number of nitrogens with zero attached hydrogens (tertiary/aromatic N) is 4. The van der Waals surface area contributed by atoms with Gasteiger partial charge in [-0.15, -0.1) is 0 Å². The van der Waals surface area contributed by atoms with Crippen molar-refractivity contribution in [2.75, 3.05) is 11.9 Å². The maximum Gasteiger partial charge on any atom is 0.184 e. The second-order valence-electron chi connectivity index (χ2n) is 4.53. The van der Waals surface area contributed by atoms with E-state index in [1.165, 1.54) is 0 Å². The van der Waals surface area contributed by atoms with Crippen LogP contribution in [0.4, 0.5) is 5.82 Å². The van der Waals surface area contributed by atoms with Crippen LogP contribution in [0.1, 0.15) is 38.8 Å². The minimum absolute atomic E-state index is 0.296. The van der Waals surface area contributed by atoms with Gasteiger partial charge in [-0.25, -0.2) is 9.97 Å². The van der Waals surface area contributed by atoms with Crippen molar-refractivity contribution < 1.29 is 0 Å². The highest BCUT2D eigenvalue weighted by Crippen LogP contribution is 2.30. The fourth-order valence-electron chi connectivity index (χ4n) is 1.63. The van der Waals surface area contributed by atoms with Crippen LogP contribution in [0, 0.1) is 0 Å². The lowest BCUT2D eigenvalue weighted by molar-refractivity contribution is 0.806. The minimum Gasteiger partial charge on any atom is -0.369 e. The monoisotopic (exact) mass is 324 g/mol. The molecule has 2 aromatic heterocycles. The van der Waals surface area contributed by atoms with Gasteiger partial charge in [0.05, 0.1) is 16.4 Å². The number of H-pyrrole nitrogens is 1. The van der Waals surface area contributed by atoms with Crippen LogP contribution in [0.2, 0.25) is 0 Å². The molecule has 102 valence electrons. The van der Waals surface area contributed by atoms with E-state index < -0.39 is 0 Å². The molecule has 6 nitrogen and oxygen atoms in total. The first-order chi connectivity index (χ1) is 9.13. The predicted octanol–water partition coefficient (Wildman–Crippen LogP) is 2.97. The molecular formula is C12H17BrN6. The summed E-state index contributed by atoms with van der Waals surface area (Å²) in [5.41, 5.74) is 1.61. The summed E-state index contributed by atoms with van der Waals surface area (Å²) in [5, 5.41) is 13.7. The average molecular weight is 325 g/mol. The van der Waals surface area contributed by atoms with E-state index >= 15 is 0 Å². The third kappa shape index (κ3) is 3.09. The van der Waals surface area contributed by atoms with Gasteiger partial charge in [0.25, 0.3) is 0 Å². The molecule has 0 fully saturated rings. The van der Waals surface area contributed by atoms with E-state index in [9.17, 15) is 0 Å². The lowest BCUT2D eigenvalue weighted by atomic mass is 10.1. The molecule has 0 spiro atoms. The fraction of sp³-hybridized carbons (Fsp3) is 0.500. The third-order valence-electron chi connectivity index (χ3n) is 2.61. The predicted molar refractivity (Wildman–Crippen MR) is 78.0 cm³/mol. The SMILES string of the molecule is CCCNc1nc(-c2cn[nH]n2)nc(C(C)C)c1Br. The molecule has 19 heavy (non-hydrogen) atoms. The summed E-state index contributed by atoms with van der Waals surface area (Å²) in [7, 11) is 0. The highest BCUT2D eigenvalue weighted by molar-refractivity contribution is 9.10. The Bertz CT molecular complexity index is 537. The second kappa shape index (κ2) is 6.10. The smallest absolute Gasteiger partial charge is 0.184 e. The molecule has 2 N–H and O–H groups in total. The van der Waals surface area contributed by atoms with Crippen LogP contribution in [0.15, 0.2) is 10.7 Å². The molecule has 0 aromatic carbocycles. The minimum atomic E-state index is 0.296. The van der Waals surface area contributed by atoms with Crippen molar-refractivity contribution in [3.8, 4) is 11.5 Å². The van der Waals surface area contributed by atoms with E-state index in [0.29, 0.717) is 17.4 Å². The van der Waals surface area contributed by atoms with Crippen LogP contribution in [0.3, 0.4) is 0 Å². The first-order valence-corrected chi connectivity index (χ1v) is 7.10. The first-order valence-electron chi connectivity index (χ1n) is 6.31. The molecule has 0 bridgehead atoms. The number of nitrogens with one attached hydrogen (secondary N) is 2. The van der Waals surface area contributed by atoms with Crippen molar-refractivity contribution in [2.24, 2.45) is 0 Å². The van der Waals surface area contributed by atoms with Crippen molar-refractivity contribution in [1.82, 2.24) is 25.4 Å². The summed E-state index contributed by atoms with van der Waals surface area (Å²) in [6.45, 7) is 7.18. The van der Waals surface area contributed by atoms with Gasteiger partial charge in [-0.3, -0.25) is 0 Å². The third-order valence-corrected chi connectivity index (χ3v) is 3.39. The van der Waals surface area contributed by atoms with Crippen LogP contribution in [0.25, 0.3) is 11.5 Å². The Morgan fingerprint density at radius 3 is 2.74 bits per heavy atom. The number of aromatic amines is 1. The Balaban J connectivity index is 2.47. The highest BCUT2D eigenvalue weighted by atomic mass is 79.9. The fourth-order valence-corrected chi connectivity index (χ4v) is 2.41. The van der Waals surface area contributed by atoms with Crippen molar-refractivity contribution in [1.29, 1.82) is 0 Å². The molecule has 2 heterocycles. The van der Waals surface area contributed by atoms with Gasteiger partial charge in [-0.05, 0) is 28.3 Å². The molecular weight excluding hydrogens is 308 g/mol. The van der Waals surface area contributed by atoms with Gasteiger partial charge in [0, 0.05) is 6.54 Å². The molecule has 0 atom stereocenters. The number of halogens is 1. The van der Waals surface area contributed by atoms with E-state index in [2.05, 4.69) is 67.4 Å². The van der Waals surface area contributed by atoms with E-state index in [1.54, 1.807) is 6.20 Å². The van der Waals surface area contributed by atoms with Crippen molar-refractivity contribution >= 4 is 21.7 Å². The lowest BCUT2D eigenvalue weighted by Gasteiger charge is -2.13. The summed E-state index contributed by atoms with van der Waals surface area (Å²) < 4.78 is 0.920. The molecule has 2 rings (SSSR count). The summed E-state index contributed by atoms with van der Waals surface area (Å²) in [6, 6.07) is 0. The molecule has 2 aromatic rings. The number of hydrogen-bond donors (Lipinski definition) is 2. The number of anilines is 1. The van der Waals surface area contributed by atoms with Crippen molar-refractivity contribution in [3.05, 3.63) is 16.4 Å². The Labute approximate surface area is 120 Å². The van der Waals surface area contributed by atoms with E-state index in [4.69, 9.17) is 0 Å². The topological polar surface area (TPSA) is 79.4 Å². The molecule has 7 heteroatoms. The quantitative estimate of drug-likeness (QED) is 0.883. The molecule has 0 amide bonds. The summed E-state index contributed by atoms with van der Waals surface area (Å²) in [5.74, 6) is 1.68. The zero-order chi connectivity index (χ0) is 13.8. The van der Waals surface area contributed by atoms with Gasteiger partial charge < -0.3 is 5.32 Å². The van der Waals surface area contributed by atoms with Gasteiger partial charge >= 0.3 is 0 Å². The van der Waals surface area contributed by atoms with Gasteiger partial charge in [0.1, 0.15) is 11.5 Å². The molecule has 0 aliphatic rings. The number of hydrogen-bond acceptors (Lipinski definition) is 5. The summed E-state index contributed by atoms with van der Waals surface area (Å²) in [4.78, 5) is 9.07. The maximum atomic E-state index is 4.56. The number of rotatable bonds is 5. The van der Waals surface area contributed by atoms with E-state index in [1.807, 2.05) is 0 Å². The number of aromatic nitrogens is 5. The van der Waals surface area contributed by atoms with Crippen LogP contribution >= 0.6 is 15.9 Å². The first kappa shape index (κ1) is 13.9. The van der Waals surface area contributed by atoms with E-state index in [0.717, 1.165) is 29.0 Å². The molecule has 0 unspecified atom stereocenters. The van der Waals surface area contributed by atoms with Gasteiger partial charge in [0.2, 0.25) is 0 Å². The van der Waals surface area contributed by atoms with Gasteiger partial charge in [0.15, 0.2) is 5.82 Å². The summed E-state index contributed by atoms with van der Waals surface area (Å²) >= 11 is 3.58. The van der Waals surface area contributed by atoms with Gasteiger partial charge in [-0.1, -0.05) is 20.8 Å². The van der Waals surface area contributed by atoms with E-state index in [-0.39, 0.29) is 0 Å². The lowest BCUT2D eigenvalue weighted by Crippen LogP contribution is -2.08. The van der Waals surface area contributed by atoms with Crippen molar-refractivity contribution in [3.63, 3.8) is 0 Å². The molecule has 0 radical (unpaired) electrons. The Kier molecular flexibility index (Phi) is 4.47. The molecule has 0 aliphatic carbocycles. The second-order valence-corrected chi connectivity index (χ2v) is 5.32. The van der Waals surface area contributed by atoms with Crippen LogP contribution in [-0.4, -0.2) is 31.9 Å².